The monoisotopic (exact) mass is 410 g/mol. The first kappa shape index (κ1) is 26.3. The van der Waals surface area contributed by atoms with Crippen molar-refractivity contribution in [2.45, 2.75) is 26.9 Å². The average molecular weight is 410 g/mol. The topological polar surface area (TPSA) is 38.7 Å². The van der Waals surface area contributed by atoms with Crippen LogP contribution in [0.3, 0.4) is 0 Å². The Bertz CT molecular complexity index is 767. The second-order valence-corrected chi connectivity index (χ2v) is 6.20. The molecule has 1 aromatic rings. The number of ether oxygens (including phenoxy) is 2. The van der Waals surface area contributed by atoms with E-state index in [1.54, 1.807) is 19.1 Å². The second kappa shape index (κ2) is 13.4. The molecular formula is C23H29F3O3. The summed E-state index contributed by atoms with van der Waals surface area (Å²) in [7, 11) is 1.32. The zero-order valence-corrected chi connectivity index (χ0v) is 17.3. The van der Waals surface area contributed by atoms with Crippen LogP contribution in [0, 0.1) is 17.6 Å². The number of allylic oxidation sites excluding steroid dienone is 3. The smallest absolute Gasteiger partial charge is 0.200 e. The van der Waals surface area contributed by atoms with Gasteiger partial charge >= 0.3 is 0 Å². The third-order valence-electron chi connectivity index (χ3n) is 3.71. The maximum Gasteiger partial charge on any atom is 0.200 e. The molecule has 29 heavy (non-hydrogen) atoms. The molecule has 0 aliphatic carbocycles. The minimum Gasteiger partial charge on any atom is -0.505 e. The van der Waals surface area contributed by atoms with Crippen LogP contribution < -0.4 is 0 Å². The molecule has 160 valence electrons. The van der Waals surface area contributed by atoms with Crippen molar-refractivity contribution in [2.24, 2.45) is 5.92 Å². The Kier molecular flexibility index (Phi) is 12.2. The lowest BCUT2D eigenvalue weighted by molar-refractivity contribution is 0.0811. The molecule has 1 N–H and O–H groups in total. The summed E-state index contributed by atoms with van der Waals surface area (Å²) in [4.78, 5) is 0. The van der Waals surface area contributed by atoms with Gasteiger partial charge in [-0.05, 0) is 37.6 Å². The summed E-state index contributed by atoms with van der Waals surface area (Å²) >= 11 is 0. The summed E-state index contributed by atoms with van der Waals surface area (Å²) in [6, 6.07) is 2.34. The fourth-order valence-corrected chi connectivity index (χ4v) is 1.86. The number of rotatable bonds is 9. The number of hydrogen-bond acceptors (Lipinski definition) is 3. The molecule has 2 atom stereocenters. The van der Waals surface area contributed by atoms with Gasteiger partial charge in [0.05, 0.1) is 19.8 Å². The summed E-state index contributed by atoms with van der Waals surface area (Å²) in [6.07, 6.45) is 5.50. The summed E-state index contributed by atoms with van der Waals surface area (Å²) in [6.45, 7) is 16.2. The Morgan fingerprint density at radius 1 is 1.21 bits per heavy atom. The highest BCUT2D eigenvalue weighted by molar-refractivity contribution is 5.52. The summed E-state index contributed by atoms with van der Waals surface area (Å²) in [5.41, 5.74) is 0.500. The van der Waals surface area contributed by atoms with E-state index in [1.807, 2.05) is 13.8 Å². The Morgan fingerprint density at radius 2 is 1.79 bits per heavy atom. The van der Waals surface area contributed by atoms with Gasteiger partial charge in [-0.2, -0.15) is 4.39 Å². The minimum absolute atomic E-state index is 0.00343. The fraction of sp³-hybridized carbons (Fsp3) is 0.304. The van der Waals surface area contributed by atoms with Crippen LogP contribution in [0.25, 0.3) is 6.08 Å². The molecule has 0 amide bonds. The lowest BCUT2D eigenvalue weighted by atomic mass is 10.0. The molecule has 0 aliphatic heterocycles. The highest BCUT2D eigenvalue weighted by atomic mass is 19.2. The molecule has 0 spiro atoms. The lowest BCUT2D eigenvalue weighted by Crippen LogP contribution is -2.13. The molecule has 3 nitrogen and oxygen atoms in total. The van der Waals surface area contributed by atoms with Gasteiger partial charge in [-0.1, -0.05) is 38.3 Å². The first-order valence-electron chi connectivity index (χ1n) is 8.92. The van der Waals surface area contributed by atoms with Crippen molar-refractivity contribution in [2.75, 3.05) is 13.7 Å². The van der Waals surface area contributed by atoms with Crippen LogP contribution in [0.5, 0.6) is 5.75 Å². The number of aromatic hydroxyl groups is 1. The van der Waals surface area contributed by atoms with Crippen LogP contribution in [0.4, 0.5) is 13.2 Å². The van der Waals surface area contributed by atoms with Crippen molar-refractivity contribution in [3.63, 3.8) is 0 Å². The molecule has 0 radical (unpaired) electrons. The van der Waals surface area contributed by atoms with Crippen molar-refractivity contribution >= 4 is 6.08 Å². The molecule has 0 fully saturated rings. The van der Waals surface area contributed by atoms with Gasteiger partial charge in [-0.3, -0.25) is 0 Å². The van der Waals surface area contributed by atoms with Gasteiger partial charge in [0.25, 0.3) is 0 Å². The van der Waals surface area contributed by atoms with E-state index in [0.29, 0.717) is 5.57 Å². The zero-order valence-electron chi connectivity index (χ0n) is 17.3. The van der Waals surface area contributed by atoms with Crippen LogP contribution in [0.2, 0.25) is 0 Å². The van der Waals surface area contributed by atoms with Crippen LogP contribution in [-0.2, 0) is 9.47 Å². The molecule has 2 unspecified atom stereocenters. The van der Waals surface area contributed by atoms with Gasteiger partial charge in [0.15, 0.2) is 17.4 Å². The molecule has 1 aromatic carbocycles. The van der Waals surface area contributed by atoms with E-state index in [0.717, 1.165) is 6.07 Å². The highest BCUT2D eigenvalue weighted by Crippen LogP contribution is 2.22. The second-order valence-electron chi connectivity index (χ2n) is 6.20. The average Bonchev–Trinajstić information content (AvgIpc) is 2.69. The summed E-state index contributed by atoms with van der Waals surface area (Å²) < 4.78 is 50.9. The van der Waals surface area contributed by atoms with E-state index in [-0.39, 0.29) is 23.8 Å². The predicted molar refractivity (Wildman–Crippen MR) is 112 cm³/mol. The number of halogens is 3. The van der Waals surface area contributed by atoms with Crippen molar-refractivity contribution in [1.82, 2.24) is 0 Å². The Hall–Kier alpha value is -2.73. The maximum absolute atomic E-state index is 13.7. The maximum atomic E-state index is 13.7. The normalized spacial score (nSPS) is 13.3. The molecule has 6 heteroatoms. The molecular weight excluding hydrogens is 381 g/mol. The number of phenols is 1. The molecule has 0 heterocycles. The standard InChI is InChI=1S/C20H23F3O3.C3H6/c1-12(10-17(21)15(4)25-5)13(2)11-26-14(3)6-7-16-8-9-18(24)20(23)19(16)22;1-3-2/h6-10,13-14,24H,1,4,11H2,2-3,5H3;3H,1H2,2H3/b7-6+,17-10+;. The van der Waals surface area contributed by atoms with E-state index in [9.17, 15) is 13.2 Å². The van der Waals surface area contributed by atoms with Gasteiger partial charge in [0, 0.05) is 11.5 Å². The van der Waals surface area contributed by atoms with Crippen molar-refractivity contribution in [3.8, 4) is 5.75 Å². The van der Waals surface area contributed by atoms with Crippen LogP contribution >= 0.6 is 0 Å². The largest absolute Gasteiger partial charge is 0.505 e. The Morgan fingerprint density at radius 3 is 2.34 bits per heavy atom. The molecule has 0 saturated carbocycles. The zero-order chi connectivity index (χ0) is 22.6. The molecule has 0 aliphatic rings. The van der Waals surface area contributed by atoms with E-state index < -0.39 is 29.3 Å². The number of benzene rings is 1. The molecule has 0 saturated heterocycles. The Labute approximate surface area is 171 Å². The fourth-order valence-electron chi connectivity index (χ4n) is 1.86. The first-order valence-corrected chi connectivity index (χ1v) is 8.92. The summed E-state index contributed by atoms with van der Waals surface area (Å²) in [5, 5.41) is 9.09. The number of phenolic OH excluding ortho intramolecular Hbond substituents is 1. The van der Waals surface area contributed by atoms with Crippen molar-refractivity contribution < 1.29 is 27.8 Å². The third-order valence-corrected chi connectivity index (χ3v) is 3.71. The van der Waals surface area contributed by atoms with Crippen molar-refractivity contribution in [1.29, 1.82) is 0 Å². The molecule has 0 aromatic heterocycles. The minimum atomic E-state index is -1.29. The predicted octanol–water partition coefficient (Wildman–Crippen LogP) is 6.49. The van der Waals surface area contributed by atoms with Crippen LogP contribution in [0.1, 0.15) is 26.3 Å². The molecule has 1 rings (SSSR count). The summed E-state index contributed by atoms with van der Waals surface area (Å²) in [5.74, 6) is -4.04. The lowest BCUT2D eigenvalue weighted by Gasteiger charge is -2.15. The van der Waals surface area contributed by atoms with E-state index in [1.165, 1.54) is 25.3 Å². The van der Waals surface area contributed by atoms with Gasteiger partial charge in [-0.25, -0.2) is 8.78 Å². The van der Waals surface area contributed by atoms with Gasteiger partial charge < -0.3 is 14.6 Å². The third kappa shape index (κ3) is 9.34. The van der Waals surface area contributed by atoms with Crippen LogP contribution in [-0.4, -0.2) is 24.9 Å². The quantitative estimate of drug-likeness (QED) is 0.287. The number of methoxy groups -OCH3 is 1. The van der Waals surface area contributed by atoms with Gasteiger partial charge in [-0.15, -0.1) is 6.58 Å². The van der Waals surface area contributed by atoms with E-state index in [4.69, 9.17) is 14.6 Å². The molecule has 0 bridgehead atoms. The number of hydrogen-bond donors (Lipinski definition) is 1. The Balaban J connectivity index is 0.00000245. The first-order chi connectivity index (χ1) is 13.6. The van der Waals surface area contributed by atoms with Crippen molar-refractivity contribution in [3.05, 3.63) is 84.5 Å². The highest BCUT2D eigenvalue weighted by Gasteiger charge is 2.12. The van der Waals surface area contributed by atoms with Gasteiger partial charge in [0.1, 0.15) is 5.76 Å². The van der Waals surface area contributed by atoms with Gasteiger partial charge in [0.2, 0.25) is 5.82 Å². The SMILES string of the molecule is C=C(OC)/C(F)=C\C(=C)C(C)COC(C)/C=C/c1ccc(O)c(F)c1F.C=CC. The van der Waals surface area contributed by atoms with E-state index >= 15 is 0 Å². The van der Waals surface area contributed by atoms with Crippen LogP contribution in [0.15, 0.2) is 67.3 Å². The van der Waals surface area contributed by atoms with E-state index in [2.05, 4.69) is 19.7 Å².